The second-order valence-corrected chi connectivity index (χ2v) is 7.86. The Balaban J connectivity index is 2.11. The number of thiophene rings is 1. The molecule has 2 aromatic rings. The van der Waals surface area contributed by atoms with Crippen LogP contribution >= 0.6 is 11.3 Å². The Morgan fingerprint density at radius 1 is 1.17 bits per heavy atom. The van der Waals surface area contributed by atoms with Gasteiger partial charge < -0.3 is 24.4 Å². The summed E-state index contributed by atoms with van der Waals surface area (Å²) >= 11 is 1.44. The van der Waals surface area contributed by atoms with Gasteiger partial charge in [0.15, 0.2) is 11.5 Å². The summed E-state index contributed by atoms with van der Waals surface area (Å²) in [5, 5.41) is 12.9. The number of ketones is 1. The fourth-order valence-electron chi connectivity index (χ4n) is 3.30. The fraction of sp³-hybridized carbons (Fsp3) is 0.333. The van der Waals surface area contributed by atoms with Crippen molar-refractivity contribution >= 4 is 28.8 Å². The minimum Gasteiger partial charge on any atom is -0.507 e. The first kappa shape index (κ1) is 20.9. The summed E-state index contributed by atoms with van der Waals surface area (Å²) in [6.45, 7) is 0.980. The molecule has 0 bridgehead atoms. The molecule has 8 heteroatoms. The van der Waals surface area contributed by atoms with Gasteiger partial charge in [-0.05, 0) is 43.7 Å². The first-order valence-corrected chi connectivity index (χ1v) is 9.96. The van der Waals surface area contributed by atoms with Gasteiger partial charge in [0.25, 0.3) is 11.7 Å². The number of hydrogen-bond acceptors (Lipinski definition) is 7. The van der Waals surface area contributed by atoms with Gasteiger partial charge in [-0.25, -0.2) is 0 Å². The van der Waals surface area contributed by atoms with Crippen molar-refractivity contribution in [1.29, 1.82) is 0 Å². The minimum absolute atomic E-state index is 0.0865. The zero-order valence-electron chi connectivity index (χ0n) is 16.8. The molecule has 1 aromatic heterocycles. The lowest BCUT2D eigenvalue weighted by Gasteiger charge is -2.25. The van der Waals surface area contributed by atoms with Gasteiger partial charge in [0, 0.05) is 23.5 Å². The average molecular weight is 416 g/mol. The Bertz CT molecular complexity index is 937. The predicted molar refractivity (Wildman–Crippen MR) is 111 cm³/mol. The summed E-state index contributed by atoms with van der Waals surface area (Å²) in [5.41, 5.74) is 0.471. The second-order valence-electron chi connectivity index (χ2n) is 6.88. The zero-order valence-corrected chi connectivity index (χ0v) is 17.7. The molecule has 1 aliphatic heterocycles. The number of likely N-dealkylation sites (tertiary alicyclic amines) is 1. The number of Topliss-reactive ketones (excluding diaryl/α,β-unsaturated/α-hetero) is 1. The van der Waals surface area contributed by atoms with E-state index in [1.807, 2.05) is 36.5 Å². The number of amides is 1. The van der Waals surface area contributed by atoms with E-state index in [0.717, 1.165) is 4.88 Å². The number of aliphatic hydroxyl groups is 1. The Morgan fingerprint density at radius 2 is 1.90 bits per heavy atom. The molecule has 1 N–H and O–H groups in total. The van der Waals surface area contributed by atoms with E-state index in [-0.39, 0.29) is 11.3 Å². The van der Waals surface area contributed by atoms with E-state index in [1.54, 1.807) is 18.2 Å². The molecule has 1 aliphatic rings. The number of rotatable bonds is 7. The van der Waals surface area contributed by atoms with E-state index in [9.17, 15) is 14.7 Å². The summed E-state index contributed by atoms with van der Waals surface area (Å²) in [7, 11) is 6.82. The summed E-state index contributed by atoms with van der Waals surface area (Å²) in [4.78, 5) is 29.9. The molecule has 1 saturated heterocycles. The van der Waals surface area contributed by atoms with Crippen molar-refractivity contribution in [3.63, 3.8) is 0 Å². The van der Waals surface area contributed by atoms with Gasteiger partial charge in [-0.3, -0.25) is 9.59 Å². The standard InChI is InChI=1S/C21H24N2O5S/c1-22(2)9-10-23-18(16-6-5-11-29-16)17(20(25)21(23)26)19(24)13-7-8-14(27-3)15(12-13)28-4/h5-8,11-12,18,24H,9-10H2,1-4H3/t18-/m1/s1. The quantitative estimate of drug-likeness (QED) is 0.425. The monoisotopic (exact) mass is 416 g/mol. The summed E-state index contributed by atoms with van der Waals surface area (Å²) in [5.74, 6) is -0.590. The Labute approximate surface area is 173 Å². The van der Waals surface area contributed by atoms with E-state index < -0.39 is 17.7 Å². The number of carbonyl (C=O) groups excluding carboxylic acids is 2. The van der Waals surface area contributed by atoms with Crippen LogP contribution in [-0.2, 0) is 9.59 Å². The van der Waals surface area contributed by atoms with Crippen LogP contribution in [0.15, 0.2) is 41.3 Å². The first-order valence-electron chi connectivity index (χ1n) is 9.08. The molecular formula is C21H24N2O5S. The van der Waals surface area contributed by atoms with Crippen molar-refractivity contribution < 1.29 is 24.2 Å². The lowest BCUT2D eigenvalue weighted by atomic mass is 9.99. The SMILES string of the molecule is COc1ccc(C(O)=C2C(=O)C(=O)N(CCN(C)C)[C@@H]2c2cccs2)cc1OC. The number of hydrogen-bond donors (Lipinski definition) is 1. The highest BCUT2D eigenvalue weighted by Gasteiger charge is 2.46. The molecule has 2 heterocycles. The van der Waals surface area contributed by atoms with Crippen molar-refractivity contribution in [3.8, 4) is 11.5 Å². The normalized spacial score (nSPS) is 18.5. The molecule has 7 nitrogen and oxygen atoms in total. The van der Waals surface area contributed by atoms with Crippen LogP contribution in [0.3, 0.4) is 0 Å². The number of aliphatic hydroxyl groups excluding tert-OH is 1. The minimum atomic E-state index is -0.686. The lowest BCUT2D eigenvalue weighted by molar-refractivity contribution is -0.140. The zero-order chi connectivity index (χ0) is 21.1. The van der Waals surface area contributed by atoms with Crippen molar-refractivity contribution in [3.05, 3.63) is 51.7 Å². The molecule has 1 atom stereocenters. The lowest BCUT2D eigenvalue weighted by Crippen LogP contribution is -2.35. The molecule has 0 saturated carbocycles. The highest BCUT2D eigenvalue weighted by molar-refractivity contribution is 7.10. The van der Waals surface area contributed by atoms with Gasteiger partial charge in [0.2, 0.25) is 0 Å². The molecule has 29 heavy (non-hydrogen) atoms. The second kappa shape index (κ2) is 8.67. The molecule has 1 amide bonds. The smallest absolute Gasteiger partial charge is 0.295 e. The van der Waals surface area contributed by atoms with E-state index in [4.69, 9.17) is 9.47 Å². The van der Waals surface area contributed by atoms with Gasteiger partial charge in [-0.15, -0.1) is 11.3 Å². The summed E-state index contributed by atoms with van der Waals surface area (Å²) in [6.07, 6.45) is 0. The van der Waals surface area contributed by atoms with Crippen LogP contribution in [0.5, 0.6) is 11.5 Å². The summed E-state index contributed by atoms with van der Waals surface area (Å²) < 4.78 is 10.5. The first-order chi connectivity index (χ1) is 13.9. The Morgan fingerprint density at radius 3 is 2.48 bits per heavy atom. The Hall–Kier alpha value is -2.84. The maximum absolute atomic E-state index is 12.9. The van der Waals surface area contributed by atoms with E-state index in [1.165, 1.54) is 30.5 Å². The summed E-state index contributed by atoms with van der Waals surface area (Å²) in [6, 6.07) is 7.98. The van der Waals surface area contributed by atoms with Gasteiger partial charge in [0.05, 0.1) is 25.8 Å². The maximum Gasteiger partial charge on any atom is 0.295 e. The number of ether oxygens (including phenoxy) is 2. The number of benzene rings is 1. The van der Waals surface area contributed by atoms with Crippen LogP contribution in [0.25, 0.3) is 5.76 Å². The third-order valence-electron chi connectivity index (χ3n) is 4.80. The van der Waals surface area contributed by atoms with E-state index in [2.05, 4.69) is 0 Å². The number of likely N-dealkylation sites (N-methyl/N-ethyl adjacent to an activating group) is 1. The van der Waals surface area contributed by atoms with Crippen molar-refractivity contribution in [2.24, 2.45) is 0 Å². The van der Waals surface area contributed by atoms with Crippen molar-refractivity contribution in [2.75, 3.05) is 41.4 Å². The largest absolute Gasteiger partial charge is 0.507 e. The van der Waals surface area contributed by atoms with Gasteiger partial charge >= 0.3 is 0 Å². The van der Waals surface area contributed by atoms with Crippen LogP contribution in [-0.4, -0.2) is 68.0 Å². The highest BCUT2D eigenvalue weighted by Crippen LogP contribution is 2.41. The van der Waals surface area contributed by atoms with Crippen LogP contribution in [0.4, 0.5) is 0 Å². The molecule has 0 aliphatic carbocycles. The molecule has 1 fully saturated rings. The van der Waals surface area contributed by atoms with Gasteiger partial charge in [-0.1, -0.05) is 6.07 Å². The number of methoxy groups -OCH3 is 2. The topological polar surface area (TPSA) is 79.3 Å². The van der Waals surface area contributed by atoms with E-state index >= 15 is 0 Å². The van der Waals surface area contributed by atoms with Crippen LogP contribution in [0.2, 0.25) is 0 Å². The number of nitrogens with zero attached hydrogens (tertiary/aromatic N) is 2. The van der Waals surface area contributed by atoms with Crippen LogP contribution < -0.4 is 9.47 Å². The van der Waals surface area contributed by atoms with Crippen molar-refractivity contribution in [2.45, 2.75) is 6.04 Å². The molecular weight excluding hydrogens is 392 g/mol. The third kappa shape index (κ3) is 3.99. The fourth-order valence-corrected chi connectivity index (χ4v) is 4.15. The highest BCUT2D eigenvalue weighted by atomic mass is 32.1. The van der Waals surface area contributed by atoms with Crippen molar-refractivity contribution in [1.82, 2.24) is 9.80 Å². The molecule has 3 rings (SSSR count). The predicted octanol–water partition coefficient (Wildman–Crippen LogP) is 2.75. The molecule has 1 aromatic carbocycles. The Kier molecular flexibility index (Phi) is 6.24. The van der Waals surface area contributed by atoms with E-state index in [0.29, 0.717) is 30.2 Å². The molecule has 154 valence electrons. The van der Waals surface area contributed by atoms with Crippen LogP contribution in [0.1, 0.15) is 16.5 Å². The average Bonchev–Trinajstić information content (AvgIpc) is 3.32. The van der Waals surface area contributed by atoms with Gasteiger partial charge in [0.1, 0.15) is 5.76 Å². The van der Waals surface area contributed by atoms with Crippen LogP contribution in [0, 0.1) is 0 Å². The molecule has 0 unspecified atom stereocenters. The molecule has 0 spiro atoms. The molecule has 0 radical (unpaired) electrons. The van der Waals surface area contributed by atoms with Gasteiger partial charge in [-0.2, -0.15) is 0 Å². The maximum atomic E-state index is 12.9. The third-order valence-corrected chi connectivity index (χ3v) is 5.72. The number of carbonyl (C=O) groups is 2.